The molecule has 0 aromatic heterocycles. The Hall–Kier alpha value is -2.44. The number of likely N-dealkylation sites (tertiary alicyclic amines) is 1. The van der Waals surface area contributed by atoms with E-state index in [1.165, 1.54) is 12.8 Å². The van der Waals surface area contributed by atoms with E-state index in [-0.39, 0.29) is 11.9 Å². The van der Waals surface area contributed by atoms with Crippen molar-refractivity contribution in [3.8, 4) is 17.2 Å². The second-order valence-electron chi connectivity index (χ2n) is 7.58. The standard InChI is InChI=1S/C24H31ClN2O4/c1-4-13-31-23-20(25)14-18(15-22(23)30-3)24(28)26-16-21(27-11-5-6-12-27)17-7-9-19(29-2)10-8-17/h7-10,14-15,21H,4-6,11-13,16H2,1-3H3,(H,26,28). The average molecular weight is 447 g/mol. The molecule has 168 valence electrons. The van der Waals surface area contributed by atoms with Crippen LogP contribution in [0.3, 0.4) is 0 Å². The number of methoxy groups -OCH3 is 2. The predicted molar refractivity (Wildman–Crippen MR) is 123 cm³/mol. The number of carbonyl (C=O) groups is 1. The summed E-state index contributed by atoms with van der Waals surface area (Å²) in [5.74, 6) is 1.55. The van der Waals surface area contributed by atoms with Gasteiger partial charge in [0, 0.05) is 12.1 Å². The molecule has 2 aromatic rings. The SMILES string of the molecule is CCCOc1c(Cl)cc(C(=O)NCC(c2ccc(OC)cc2)N2CCCC2)cc1OC. The first-order valence-electron chi connectivity index (χ1n) is 10.7. The van der Waals surface area contributed by atoms with Crippen molar-refractivity contribution in [3.05, 3.63) is 52.5 Å². The van der Waals surface area contributed by atoms with Gasteiger partial charge in [-0.1, -0.05) is 30.7 Å². The molecule has 1 aliphatic heterocycles. The second kappa shape index (κ2) is 11.3. The van der Waals surface area contributed by atoms with E-state index in [0.717, 1.165) is 30.8 Å². The van der Waals surface area contributed by atoms with Crippen LogP contribution in [0.25, 0.3) is 0 Å². The molecule has 2 aromatic carbocycles. The minimum absolute atomic E-state index is 0.0990. The molecule has 0 bridgehead atoms. The summed E-state index contributed by atoms with van der Waals surface area (Å²) in [7, 11) is 3.20. The molecule has 1 N–H and O–H groups in total. The maximum absolute atomic E-state index is 12.9. The Morgan fingerprint density at radius 2 is 1.84 bits per heavy atom. The molecule has 1 unspecified atom stereocenters. The molecule has 0 radical (unpaired) electrons. The predicted octanol–water partition coefficient (Wildman–Crippen LogP) is 4.71. The minimum Gasteiger partial charge on any atom is -0.497 e. The first-order valence-corrected chi connectivity index (χ1v) is 11.1. The lowest BCUT2D eigenvalue weighted by atomic mass is 10.0. The number of nitrogens with zero attached hydrogens (tertiary/aromatic N) is 1. The van der Waals surface area contributed by atoms with Gasteiger partial charge in [-0.25, -0.2) is 0 Å². The quantitative estimate of drug-likeness (QED) is 0.572. The van der Waals surface area contributed by atoms with E-state index in [4.69, 9.17) is 25.8 Å². The largest absolute Gasteiger partial charge is 0.497 e. The third-order valence-electron chi connectivity index (χ3n) is 5.48. The Labute approximate surface area is 189 Å². The van der Waals surface area contributed by atoms with Crippen LogP contribution in [-0.4, -0.2) is 51.3 Å². The van der Waals surface area contributed by atoms with Crippen molar-refractivity contribution >= 4 is 17.5 Å². The zero-order valence-corrected chi connectivity index (χ0v) is 19.2. The van der Waals surface area contributed by atoms with Gasteiger partial charge in [0.2, 0.25) is 0 Å². The maximum Gasteiger partial charge on any atom is 0.251 e. The molecule has 0 saturated carbocycles. The van der Waals surface area contributed by atoms with Gasteiger partial charge < -0.3 is 19.5 Å². The van der Waals surface area contributed by atoms with Crippen LogP contribution < -0.4 is 19.5 Å². The van der Waals surface area contributed by atoms with Gasteiger partial charge in [-0.3, -0.25) is 9.69 Å². The second-order valence-corrected chi connectivity index (χ2v) is 7.99. The summed E-state index contributed by atoms with van der Waals surface area (Å²) < 4.78 is 16.4. The zero-order valence-electron chi connectivity index (χ0n) is 18.4. The Morgan fingerprint density at radius 1 is 1.13 bits per heavy atom. The van der Waals surface area contributed by atoms with Gasteiger partial charge in [0.15, 0.2) is 11.5 Å². The summed E-state index contributed by atoms with van der Waals surface area (Å²) in [6, 6.07) is 11.4. The van der Waals surface area contributed by atoms with Crippen LogP contribution in [0.4, 0.5) is 0 Å². The molecular formula is C24H31ClN2O4. The molecule has 31 heavy (non-hydrogen) atoms. The molecule has 7 heteroatoms. The highest BCUT2D eigenvalue weighted by Gasteiger charge is 2.25. The first kappa shape index (κ1) is 23.2. The van der Waals surface area contributed by atoms with Crippen molar-refractivity contribution < 1.29 is 19.0 Å². The van der Waals surface area contributed by atoms with Crippen molar-refractivity contribution in [1.29, 1.82) is 0 Å². The van der Waals surface area contributed by atoms with Crippen molar-refractivity contribution in [3.63, 3.8) is 0 Å². The molecule has 1 atom stereocenters. The smallest absolute Gasteiger partial charge is 0.251 e. The molecule has 0 aliphatic carbocycles. The lowest BCUT2D eigenvalue weighted by Crippen LogP contribution is -2.36. The van der Waals surface area contributed by atoms with Gasteiger partial charge in [-0.05, 0) is 62.2 Å². The van der Waals surface area contributed by atoms with E-state index >= 15 is 0 Å². The highest BCUT2D eigenvalue weighted by molar-refractivity contribution is 6.32. The van der Waals surface area contributed by atoms with Crippen LogP contribution in [0.15, 0.2) is 36.4 Å². The number of nitrogens with one attached hydrogen (secondary N) is 1. The van der Waals surface area contributed by atoms with Crippen LogP contribution in [0.2, 0.25) is 5.02 Å². The van der Waals surface area contributed by atoms with E-state index in [1.54, 1.807) is 26.4 Å². The van der Waals surface area contributed by atoms with Crippen LogP contribution in [0.5, 0.6) is 17.2 Å². The molecule has 1 saturated heterocycles. The highest BCUT2D eigenvalue weighted by atomic mass is 35.5. The summed E-state index contributed by atoms with van der Waals surface area (Å²) in [4.78, 5) is 15.4. The van der Waals surface area contributed by atoms with Crippen molar-refractivity contribution in [2.45, 2.75) is 32.2 Å². The Morgan fingerprint density at radius 3 is 2.45 bits per heavy atom. The number of halogens is 1. The average Bonchev–Trinajstić information content (AvgIpc) is 3.32. The molecule has 1 amide bonds. The van der Waals surface area contributed by atoms with E-state index in [2.05, 4.69) is 22.3 Å². The lowest BCUT2D eigenvalue weighted by Gasteiger charge is -2.28. The fraction of sp³-hybridized carbons (Fsp3) is 0.458. The maximum atomic E-state index is 12.9. The molecule has 1 aliphatic rings. The number of hydrogen-bond donors (Lipinski definition) is 1. The number of ether oxygens (including phenoxy) is 3. The fourth-order valence-electron chi connectivity index (χ4n) is 3.82. The Balaban J connectivity index is 1.75. The number of carbonyl (C=O) groups excluding carboxylic acids is 1. The molecule has 1 heterocycles. The lowest BCUT2D eigenvalue weighted by molar-refractivity contribution is 0.0937. The van der Waals surface area contributed by atoms with E-state index in [9.17, 15) is 4.79 Å². The van der Waals surface area contributed by atoms with Crippen LogP contribution >= 0.6 is 11.6 Å². The molecule has 3 rings (SSSR count). The fourth-order valence-corrected chi connectivity index (χ4v) is 4.09. The molecule has 6 nitrogen and oxygen atoms in total. The third-order valence-corrected chi connectivity index (χ3v) is 5.76. The minimum atomic E-state index is -0.194. The van der Waals surface area contributed by atoms with Gasteiger partial charge in [0.1, 0.15) is 5.75 Å². The highest BCUT2D eigenvalue weighted by Crippen LogP contribution is 2.36. The number of rotatable bonds is 10. The molecule has 0 spiro atoms. The summed E-state index contributed by atoms with van der Waals surface area (Å²) in [5.41, 5.74) is 1.60. The molecule has 1 fully saturated rings. The number of amides is 1. The normalized spacial score (nSPS) is 14.8. The Bertz CT molecular complexity index is 867. The van der Waals surface area contributed by atoms with Crippen LogP contribution in [0.1, 0.15) is 48.1 Å². The third kappa shape index (κ3) is 5.83. The van der Waals surface area contributed by atoms with E-state index in [1.807, 2.05) is 19.1 Å². The van der Waals surface area contributed by atoms with Crippen LogP contribution in [-0.2, 0) is 0 Å². The summed E-state index contributed by atoms with van der Waals surface area (Å²) in [5, 5.41) is 3.44. The Kier molecular flexibility index (Phi) is 8.43. The van der Waals surface area contributed by atoms with Crippen molar-refractivity contribution in [2.75, 3.05) is 40.5 Å². The van der Waals surface area contributed by atoms with Crippen LogP contribution in [0, 0.1) is 0 Å². The number of benzene rings is 2. The van der Waals surface area contributed by atoms with Crippen molar-refractivity contribution in [1.82, 2.24) is 10.2 Å². The number of hydrogen-bond acceptors (Lipinski definition) is 5. The topological polar surface area (TPSA) is 60.0 Å². The molecular weight excluding hydrogens is 416 g/mol. The van der Waals surface area contributed by atoms with Gasteiger partial charge in [-0.2, -0.15) is 0 Å². The summed E-state index contributed by atoms with van der Waals surface area (Å²) in [6.07, 6.45) is 3.20. The zero-order chi connectivity index (χ0) is 22.2. The first-order chi connectivity index (χ1) is 15.1. The van der Waals surface area contributed by atoms with Gasteiger partial charge >= 0.3 is 0 Å². The van der Waals surface area contributed by atoms with Crippen molar-refractivity contribution in [2.24, 2.45) is 0 Å². The van der Waals surface area contributed by atoms with Gasteiger partial charge in [0.25, 0.3) is 5.91 Å². The van der Waals surface area contributed by atoms with Gasteiger partial charge in [0.05, 0.1) is 31.9 Å². The van der Waals surface area contributed by atoms with E-state index < -0.39 is 0 Å². The van der Waals surface area contributed by atoms with E-state index in [0.29, 0.717) is 35.2 Å². The summed E-state index contributed by atoms with van der Waals surface area (Å²) in [6.45, 7) is 5.09. The monoisotopic (exact) mass is 446 g/mol. The van der Waals surface area contributed by atoms with Gasteiger partial charge in [-0.15, -0.1) is 0 Å². The summed E-state index contributed by atoms with van der Waals surface area (Å²) >= 11 is 6.38.